The molecular weight excluding hydrogens is 260 g/mol. The number of rotatable bonds is 7. The van der Waals surface area contributed by atoms with E-state index in [1.54, 1.807) is 0 Å². The summed E-state index contributed by atoms with van der Waals surface area (Å²) in [6.45, 7) is -0.604. The molecule has 0 aliphatic carbocycles. The van der Waals surface area contributed by atoms with E-state index in [4.69, 9.17) is 10.5 Å². The predicted octanol–water partition coefficient (Wildman–Crippen LogP) is -0.808. The summed E-state index contributed by atoms with van der Waals surface area (Å²) < 4.78 is 30.6. The van der Waals surface area contributed by atoms with Gasteiger partial charge in [-0.2, -0.15) is 0 Å². The molecule has 1 saturated heterocycles. The van der Waals surface area contributed by atoms with Crippen molar-refractivity contribution >= 4 is 11.8 Å². The third kappa shape index (κ3) is 4.71. The lowest BCUT2D eigenvalue weighted by atomic mass is 10.1. The maximum Gasteiger partial charge on any atom is 0.277 e. The van der Waals surface area contributed by atoms with Crippen LogP contribution >= 0.6 is 0 Å². The summed E-state index contributed by atoms with van der Waals surface area (Å²) in [4.78, 5) is 24.7. The molecule has 0 aromatic rings. The lowest BCUT2D eigenvalue weighted by Crippen LogP contribution is -2.44. The first kappa shape index (κ1) is 15.8. The molecule has 1 fully saturated rings. The van der Waals surface area contributed by atoms with Gasteiger partial charge in [-0.05, 0) is 0 Å². The van der Waals surface area contributed by atoms with Gasteiger partial charge in [0.1, 0.15) is 0 Å². The molecule has 2 amide bonds. The van der Waals surface area contributed by atoms with Crippen LogP contribution in [-0.2, 0) is 14.3 Å². The average molecular weight is 279 g/mol. The standard InChI is InChI=1S/C11H19F2N3O3/c1-19-3-2-16-5-8(4-9(16)17)10(18)15-7-11(12,13)6-14/h8H,2-7,14H2,1H3,(H,15,18). The number of alkyl halides is 2. The smallest absolute Gasteiger partial charge is 0.277 e. The molecule has 1 aliphatic heterocycles. The highest BCUT2D eigenvalue weighted by Crippen LogP contribution is 2.18. The molecule has 8 heteroatoms. The van der Waals surface area contributed by atoms with Crippen molar-refractivity contribution in [2.24, 2.45) is 11.7 Å². The Morgan fingerprint density at radius 3 is 2.89 bits per heavy atom. The highest BCUT2D eigenvalue weighted by Gasteiger charge is 2.35. The lowest BCUT2D eigenvalue weighted by Gasteiger charge is -2.17. The number of nitrogens with zero attached hydrogens (tertiary/aromatic N) is 1. The number of nitrogens with two attached hydrogens (primary N) is 1. The zero-order valence-corrected chi connectivity index (χ0v) is 10.8. The van der Waals surface area contributed by atoms with E-state index in [1.165, 1.54) is 12.0 Å². The van der Waals surface area contributed by atoms with Gasteiger partial charge in [-0.25, -0.2) is 8.78 Å². The third-order valence-corrected chi connectivity index (χ3v) is 2.97. The Morgan fingerprint density at radius 1 is 1.63 bits per heavy atom. The summed E-state index contributed by atoms with van der Waals surface area (Å²) in [5.41, 5.74) is 4.87. The maximum absolute atomic E-state index is 12.9. The lowest BCUT2D eigenvalue weighted by molar-refractivity contribution is -0.129. The molecule has 1 atom stereocenters. The van der Waals surface area contributed by atoms with E-state index in [0.717, 1.165) is 0 Å². The Labute approximate surface area is 110 Å². The van der Waals surface area contributed by atoms with E-state index in [1.807, 2.05) is 0 Å². The molecule has 110 valence electrons. The molecule has 0 spiro atoms. The van der Waals surface area contributed by atoms with Gasteiger partial charge in [-0.1, -0.05) is 0 Å². The zero-order chi connectivity index (χ0) is 14.5. The predicted molar refractivity (Wildman–Crippen MR) is 63.6 cm³/mol. The minimum Gasteiger partial charge on any atom is -0.383 e. The van der Waals surface area contributed by atoms with E-state index in [-0.39, 0.29) is 18.9 Å². The summed E-state index contributed by atoms with van der Waals surface area (Å²) in [6.07, 6.45) is 0.0454. The molecule has 6 nitrogen and oxygen atoms in total. The molecule has 0 aromatic carbocycles. The van der Waals surface area contributed by atoms with Gasteiger partial charge in [0.15, 0.2) is 0 Å². The maximum atomic E-state index is 12.9. The van der Waals surface area contributed by atoms with Crippen molar-refractivity contribution < 1.29 is 23.1 Å². The van der Waals surface area contributed by atoms with Gasteiger partial charge >= 0.3 is 0 Å². The molecule has 0 bridgehead atoms. The van der Waals surface area contributed by atoms with Crippen molar-refractivity contribution in [1.82, 2.24) is 10.2 Å². The fourth-order valence-electron chi connectivity index (χ4n) is 1.80. The summed E-state index contributed by atoms with van der Waals surface area (Å²) >= 11 is 0. The second-order valence-corrected chi connectivity index (χ2v) is 4.51. The van der Waals surface area contributed by atoms with Crippen molar-refractivity contribution in [3.05, 3.63) is 0 Å². The summed E-state index contributed by atoms with van der Waals surface area (Å²) in [7, 11) is 1.51. The van der Waals surface area contributed by atoms with E-state index >= 15 is 0 Å². The van der Waals surface area contributed by atoms with Gasteiger partial charge in [-0.3, -0.25) is 9.59 Å². The number of carbonyl (C=O) groups excluding carboxylic acids is 2. The van der Waals surface area contributed by atoms with E-state index < -0.39 is 30.8 Å². The molecule has 3 N–H and O–H groups in total. The van der Waals surface area contributed by atoms with Crippen LogP contribution in [0.5, 0.6) is 0 Å². The van der Waals surface area contributed by atoms with Crippen LogP contribution in [0.2, 0.25) is 0 Å². The average Bonchev–Trinajstić information content (AvgIpc) is 2.75. The summed E-state index contributed by atoms with van der Waals surface area (Å²) in [5, 5.41) is 2.13. The Bertz CT molecular complexity index is 339. The molecule has 0 aromatic heterocycles. The highest BCUT2D eigenvalue weighted by molar-refractivity contribution is 5.89. The third-order valence-electron chi connectivity index (χ3n) is 2.97. The highest BCUT2D eigenvalue weighted by atomic mass is 19.3. The Morgan fingerprint density at radius 2 is 2.32 bits per heavy atom. The number of likely N-dealkylation sites (tertiary alicyclic amines) is 1. The Hall–Kier alpha value is -1.28. The van der Waals surface area contributed by atoms with Gasteiger partial charge < -0.3 is 20.7 Å². The van der Waals surface area contributed by atoms with Gasteiger partial charge in [0, 0.05) is 26.6 Å². The van der Waals surface area contributed by atoms with Crippen LogP contribution in [-0.4, -0.2) is 62.5 Å². The van der Waals surface area contributed by atoms with Gasteiger partial charge in [-0.15, -0.1) is 0 Å². The SMILES string of the molecule is COCCN1CC(C(=O)NCC(F)(F)CN)CC1=O. The first-order valence-corrected chi connectivity index (χ1v) is 6.02. The Kier molecular flexibility index (Phi) is 5.61. The minimum atomic E-state index is -3.12. The Balaban J connectivity index is 2.41. The second kappa shape index (κ2) is 6.76. The van der Waals surface area contributed by atoms with Crippen molar-refractivity contribution in [2.45, 2.75) is 12.3 Å². The monoisotopic (exact) mass is 279 g/mol. The van der Waals surface area contributed by atoms with Crippen molar-refractivity contribution in [3.63, 3.8) is 0 Å². The van der Waals surface area contributed by atoms with E-state index in [2.05, 4.69) is 5.32 Å². The summed E-state index contributed by atoms with van der Waals surface area (Å²) in [6, 6.07) is 0. The van der Waals surface area contributed by atoms with Crippen LogP contribution in [0.1, 0.15) is 6.42 Å². The quantitative estimate of drug-likeness (QED) is 0.638. The van der Waals surface area contributed by atoms with Crippen LogP contribution in [0.3, 0.4) is 0 Å². The van der Waals surface area contributed by atoms with Crippen LogP contribution in [0.25, 0.3) is 0 Å². The van der Waals surface area contributed by atoms with Crippen molar-refractivity contribution in [1.29, 1.82) is 0 Å². The topological polar surface area (TPSA) is 84.7 Å². The summed E-state index contributed by atoms with van der Waals surface area (Å²) in [5.74, 6) is -4.41. The number of halogens is 2. The van der Waals surface area contributed by atoms with Crippen molar-refractivity contribution in [2.75, 3.05) is 39.9 Å². The number of nitrogens with one attached hydrogen (secondary N) is 1. The van der Waals surface area contributed by atoms with Gasteiger partial charge in [0.2, 0.25) is 11.8 Å². The molecule has 0 saturated carbocycles. The fraction of sp³-hybridized carbons (Fsp3) is 0.818. The molecular formula is C11H19F2N3O3. The molecule has 1 unspecified atom stereocenters. The minimum absolute atomic E-state index is 0.0454. The van der Waals surface area contributed by atoms with E-state index in [9.17, 15) is 18.4 Å². The van der Waals surface area contributed by atoms with Crippen LogP contribution in [0.4, 0.5) is 8.78 Å². The number of hydrogen-bond acceptors (Lipinski definition) is 4. The number of ether oxygens (including phenoxy) is 1. The molecule has 1 rings (SSSR count). The molecule has 1 heterocycles. The number of methoxy groups -OCH3 is 1. The fourth-order valence-corrected chi connectivity index (χ4v) is 1.80. The van der Waals surface area contributed by atoms with E-state index in [0.29, 0.717) is 13.2 Å². The van der Waals surface area contributed by atoms with Gasteiger partial charge in [0.25, 0.3) is 5.92 Å². The molecule has 1 aliphatic rings. The van der Waals surface area contributed by atoms with Crippen LogP contribution < -0.4 is 11.1 Å². The largest absolute Gasteiger partial charge is 0.383 e. The van der Waals surface area contributed by atoms with Gasteiger partial charge in [0.05, 0.1) is 25.6 Å². The normalized spacial score (nSPS) is 19.9. The zero-order valence-electron chi connectivity index (χ0n) is 10.8. The number of amides is 2. The van der Waals surface area contributed by atoms with Crippen molar-refractivity contribution in [3.8, 4) is 0 Å². The van der Waals surface area contributed by atoms with Crippen LogP contribution in [0, 0.1) is 5.92 Å². The number of carbonyl (C=O) groups is 2. The molecule has 0 radical (unpaired) electrons. The second-order valence-electron chi connectivity index (χ2n) is 4.51. The number of hydrogen-bond donors (Lipinski definition) is 2. The van der Waals surface area contributed by atoms with Crippen LogP contribution in [0.15, 0.2) is 0 Å². The first-order chi connectivity index (χ1) is 8.89. The molecule has 19 heavy (non-hydrogen) atoms. The first-order valence-electron chi connectivity index (χ1n) is 6.02.